The normalized spacial score (nSPS) is 14.8. The quantitative estimate of drug-likeness (QED) is 0.783. The molecule has 0 atom stereocenters. The standard InChI is InChI=1S/C20H26N4O2/c25-19-13-12-18(16-8-3-1-4-9-16)23-24(19)15-7-14-21-20(26)22-17-10-5-2-6-11-17/h1,3-4,8-9,12-13,17H,2,5-7,10-11,14-15H2,(H2,21,22,26). The third kappa shape index (κ3) is 5.18. The molecule has 0 saturated heterocycles. The zero-order valence-corrected chi connectivity index (χ0v) is 15.0. The highest BCUT2D eigenvalue weighted by Crippen LogP contribution is 2.17. The number of benzene rings is 1. The number of nitrogens with zero attached hydrogens (tertiary/aromatic N) is 2. The molecule has 6 heteroatoms. The van der Waals surface area contributed by atoms with Gasteiger partial charge in [-0.2, -0.15) is 5.10 Å². The molecule has 1 aliphatic rings. The Labute approximate surface area is 153 Å². The lowest BCUT2D eigenvalue weighted by atomic mass is 9.96. The maximum absolute atomic E-state index is 12.0. The van der Waals surface area contributed by atoms with Gasteiger partial charge in [0.15, 0.2) is 0 Å². The Morgan fingerprint density at radius 1 is 1.08 bits per heavy atom. The van der Waals surface area contributed by atoms with Crippen LogP contribution in [0.4, 0.5) is 4.79 Å². The zero-order valence-electron chi connectivity index (χ0n) is 15.0. The molecule has 1 saturated carbocycles. The summed E-state index contributed by atoms with van der Waals surface area (Å²) in [7, 11) is 0. The molecule has 0 aliphatic heterocycles. The van der Waals surface area contributed by atoms with E-state index in [9.17, 15) is 9.59 Å². The highest BCUT2D eigenvalue weighted by Gasteiger charge is 2.15. The molecule has 0 bridgehead atoms. The van der Waals surface area contributed by atoms with Gasteiger partial charge in [-0.15, -0.1) is 0 Å². The molecular formula is C20H26N4O2. The summed E-state index contributed by atoms with van der Waals surface area (Å²) in [5, 5.41) is 10.3. The van der Waals surface area contributed by atoms with Crippen molar-refractivity contribution in [2.45, 2.75) is 51.1 Å². The number of carbonyl (C=O) groups is 1. The van der Waals surface area contributed by atoms with E-state index < -0.39 is 0 Å². The summed E-state index contributed by atoms with van der Waals surface area (Å²) < 4.78 is 1.46. The zero-order chi connectivity index (χ0) is 18.2. The molecule has 2 amide bonds. The Morgan fingerprint density at radius 2 is 1.85 bits per heavy atom. The lowest BCUT2D eigenvalue weighted by molar-refractivity contribution is 0.232. The molecule has 3 rings (SSSR count). The summed E-state index contributed by atoms with van der Waals surface area (Å²) in [6.07, 6.45) is 6.44. The third-order valence-electron chi connectivity index (χ3n) is 4.71. The van der Waals surface area contributed by atoms with Crippen LogP contribution in [0.5, 0.6) is 0 Å². The van der Waals surface area contributed by atoms with Crippen LogP contribution < -0.4 is 16.2 Å². The molecule has 0 unspecified atom stereocenters. The second-order valence-electron chi connectivity index (χ2n) is 6.73. The molecule has 0 radical (unpaired) electrons. The first kappa shape index (κ1) is 18.2. The van der Waals surface area contributed by atoms with E-state index in [1.807, 2.05) is 30.3 Å². The van der Waals surface area contributed by atoms with Gasteiger partial charge in [-0.3, -0.25) is 4.79 Å². The molecule has 2 aromatic rings. The highest BCUT2D eigenvalue weighted by molar-refractivity contribution is 5.74. The Kier molecular flexibility index (Phi) is 6.41. The minimum atomic E-state index is -0.128. The molecule has 1 aromatic carbocycles. The highest BCUT2D eigenvalue weighted by atomic mass is 16.2. The van der Waals surface area contributed by atoms with Gasteiger partial charge in [0.1, 0.15) is 0 Å². The van der Waals surface area contributed by atoms with Gasteiger partial charge in [0.05, 0.1) is 5.69 Å². The molecule has 1 heterocycles. The van der Waals surface area contributed by atoms with Crippen molar-refractivity contribution in [3.05, 3.63) is 52.8 Å². The van der Waals surface area contributed by atoms with Crippen molar-refractivity contribution in [3.63, 3.8) is 0 Å². The number of rotatable bonds is 6. The molecule has 138 valence electrons. The van der Waals surface area contributed by atoms with E-state index >= 15 is 0 Å². The van der Waals surface area contributed by atoms with Crippen LogP contribution in [-0.4, -0.2) is 28.4 Å². The first-order valence-electron chi connectivity index (χ1n) is 9.40. The Balaban J connectivity index is 1.47. The van der Waals surface area contributed by atoms with E-state index in [-0.39, 0.29) is 11.6 Å². The summed E-state index contributed by atoms with van der Waals surface area (Å²) in [5.41, 5.74) is 1.62. The molecule has 1 aromatic heterocycles. The molecule has 6 nitrogen and oxygen atoms in total. The largest absolute Gasteiger partial charge is 0.338 e. The van der Waals surface area contributed by atoms with Gasteiger partial charge in [0, 0.05) is 30.8 Å². The van der Waals surface area contributed by atoms with Gasteiger partial charge < -0.3 is 10.6 Å². The van der Waals surface area contributed by atoms with Crippen molar-refractivity contribution in [1.29, 1.82) is 0 Å². The second kappa shape index (κ2) is 9.17. The van der Waals surface area contributed by atoms with Crippen LogP contribution in [0.1, 0.15) is 38.5 Å². The second-order valence-corrected chi connectivity index (χ2v) is 6.73. The predicted octanol–water partition coefficient (Wildman–Crippen LogP) is 2.93. The van der Waals surface area contributed by atoms with Crippen molar-refractivity contribution in [3.8, 4) is 11.3 Å². The number of carbonyl (C=O) groups excluding carboxylic acids is 1. The number of aryl methyl sites for hydroxylation is 1. The first-order chi connectivity index (χ1) is 12.7. The van der Waals surface area contributed by atoms with Crippen LogP contribution in [0.3, 0.4) is 0 Å². The number of nitrogens with one attached hydrogen (secondary N) is 2. The van der Waals surface area contributed by atoms with Gasteiger partial charge in [-0.25, -0.2) is 9.48 Å². The first-order valence-corrected chi connectivity index (χ1v) is 9.40. The van der Waals surface area contributed by atoms with Crippen LogP contribution in [0.25, 0.3) is 11.3 Å². The average Bonchev–Trinajstić information content (AvgIpc) is 2.68. The van der Waals surface area contributed by atoms with E-state index in [0.717, 1.165) is 24.1 Å². The van der Waals surface area contributed by atoms with E-state index in [2.05, 4.69) is 15.7 Å². The monoisotopic (exact) mass is 354 g/mol. The van der Waals surface area contributed by atoms with Crippen molar-refractivity contribution >= 4 is 6.03 Å². The lowest BCUT2D eigenvalue weighted by Gasteiger charge is -2.22. The predicted molar refractivity (Wildman–Crippen MR) is 102 cm³/mol. The lowest BCUT2D eigenvalue weighted by Crippen LogP contribution is -2.43. The Bertz CT molecular complexity index is 767. The number of hydrogen-bond donors (Lipinski definition) is 2. The van der Waals surface area contributed by atoms with E-state index in [0.29, 0.717) is 25.6 Å². The molecule has 1 fully saturated rings. The maximum atomic E-state index is 12.0. The Morgan fingerprint density at radius 3 is 2.62 bits per heavy atom. The van der Waals surface area contributed by atoms with E-state index in [1.54, 1.807) is 12.1 Å². The van der Waals surface area contributed by atoms with Crippen LogP contribution in [0.15, 0.2) is 47.3 Å². The van der Waals surface area contributed by atoms with Crippen LogP contribution in [0.2, 0.25) is 0 Å². The number of urea groups is 1. The van der Waals surface area contributed by atoms with Crippen molar-refractivity contribution in [2.24, 2.45) is 0 Å². The van der Waals surface area contributed by atoms with Gasteiger partial charge in [-0.05, 0) is 25.3 Å². The molecule has 2 N–H and O–H groups in total. The van der Waals surface area contributed by atoms with Gasteiger partial charge in [0.25, 0.3) is 5.56 Å². The molecule has 1 aliphatic carbocycles. The summed E-state index contributed by atoms with van der Waals surface area (Å²) >= 11 is 0. The van der Waals surface area contributed by atoms with Crippen LogP contribution in [-0.2, 0) is 6.54 Å². The number of amides is 2. The fraction of sp³-hybridized carbons (Fsp3) is 0.450. The summed E-state index contributed by atoms with van der Waals surface area (Å²) in [6, 6.07) is 13.2. The maximum Gasteiger partial charge on any atom is 0.315 e. The fourth-order valence-corrected chi connectivity index (χ4v) is 3.29. The van der Waals surface area contributed by atoms with Crippen LogP contribution in [0, 0.1) is 0 Å². The smallest absolute Gasteiger partial charge is 0.315 e. The van der Waals surface area contributed by atoms with E-state index in [1.165, 1.54) is 23.9 Å². The van der Waals surface area contributed by atoms with E-state index in [4.69, 9.17) is 0 Å². The molecule has 0 spiro atoms. The van der Waals surface area contributed by atoms with Crippen molar-refractivity contribution in [2.75, 3.05) is 6.54 Å². The van der Waals surface area contributed by atoms with Gasteiger partial charge >= 0.3 is 6.03 Å². The fourth-order valence-electron chi connectivity index (χ4n) is 3.29. The number of aromatic nitrogens is 2. The summed E-state index contributed by atoms with van der Waals surface area (Å²) in [4.78, 5) is 23.9. The number of hydrogen-bond acceptors (Lipinski definition) is 3. The Hall–Kier alpha value is -2.63. The van der Waals surface area contributed by atoms with Crippen LogP contribution >= 0.6 is 0 Å². The minimum absolute atomic E-state index is 0.116. The van der Waals surface area contributed by atoms with Crippen molar-refractivity contribution in [1.82, 2.24) is 20.4 Å². The molecular weight excluding hydrogens is 328 g/mol. The van der Waals surface area contributed by atoms with Crippen molar-refractivity contribution < 1.29 is 4.79 Å². The SMILES string of the molecule is O=C(NCCCn1nc(-c2ccccc2)ccc1=O)NC1CCCCC1. The minimum Gasteiger partial charge on any atom is -0.338 e. The van der Waals surface area contributed by atoms with Gasteiger partial charge in [0.2, 0.25) is 0 Å². The molecule has 26 heavy (non-hydrogen) atoms. The summed E-state index contributed by atoms with van der Waals surface area (Å²) in [6.45, 7) is 0.992. The third-order valence-corrected chi connectivity index (χ3v) is 4.71. The summed E-state index contributed by atoms with van der Waals surface area (Å²) in [5.74, 6) is 0. The topological polar surface area (TPSA) is 76.0 Å². The average molecular weight is 354 g/mol. The van der Waals surface area contributed by atoms with Gasteiger partial charge in [-0.1, -0.05) is 49.6 Å².